The molecule has 0 saturated carbocycles. The zero-order valence-electron chi connectivity index (χ0n) is 21.4. The second-order valence-electron chi connectivity index (χ2n) is 9.13. The Morgan fingerprint density at radius 2 is 1.73 bits per heavy atom. The van der Waals surface area contributed by atoms with E-state index in [1.807, 2.05) is 52.3 Å². The molecule has 0 aliphatic carbocycles. The normalized spacial score (nSPS) is 11.6. The standard InChI is InChI=1S/C27H31N5O3S2/c1-19-16-25(32(4)15-14-31(2)3)29-24-12-10-21(17-23(19)24)30-37(34,35)26-13-11-22(36-26)18-28-27(33)20-8-6-5-7-9-20/h5-13,16-17,30H,14-15,18H2,1-4H3,(H,28,33). The predicted molar refractivity (Wildman–Crippen MR) is 151 cm³/mol. The zero-order chi connectivity index (χ0) is 26.6. The van der Waals surface area contributed by atoms with E-state index in [4.69, 9.17) is 4.98 Å². The van der Waals surface area contributed by atoms with Crippen LogP contribution >= 0.6 is 11.3 Å². The van der Waals surface area contributed by atoms with Gasteiger partial charge in [0, 0.05) is 41.7 Å². The van der Waals surface area contributed by atoms with Gasteiger partial charge in [-0.3, -0.25) is 9.52 Å². The van der Waals surface area contributed by atoms with Crippen LogP contribution in [0.15, 0.2) is 70.9 Å². The monoisotopic (exact) mass is 537 g/mol. The number of hydrogen-bond acceptors (Lipinski definition) is 7. The summed E-state index contributed by atoms with van der Waals surface area (Å²) >= 11 is 1.13. The highest BCUT2D eigenvalue weighted by molar-refractivity contribution is 7.94. The summed E-state index contributed by atoms with van der Waals surface area (Å²) in [7, 11) is 2.31. The molecule has 0 bridgehead atoms. The number of rotatable bonds is 10. The van der Waals surface area contributed by atoms with Crippen molar-refractivity contribution in [3.05, 3.63) is 82.7 Å². The first kappa shape index (κ1) is 26.6. The van der Waals surface area contributed by atoms with Crippen LogP contribution in [0.5, 0.6) is 0 Å². The Hall–Kier alpha value is -3.47. The molecule has 2 heterocycles. The molecule has 8 nitrogen and oxygen atoms in total. The van der Waals surface area contributed by atoms with Gasteiger partial charge in [-0.2, -0.15) is 0 Å². The zero-order valence-corrected chi connectivity index (χ0v) is 23.0. The molecule has 0 spiro atoms. The Balaban J connectivity index is 1.45. The van der Waals surface area contributed by atoms with Crippen molar-refractivity contribution in [1.29, 1.82) is 0 Å². The smallest absolute Gasteiger partial charge is 0.271 e. The lowest BCUT2D eigenvalue weighted by atomic mass is 10.1. The number of thiophene rings is 1. The second-order valence-corrected chi connectivity index (χ2v) is 12.2. The van der Waals surface area contributed by atoms with Crippen molar-refractivity contribution < 1.29 is 13.2 Å². The minimum Gasteiger partial charge on any atom is -0.358 e. The molecule has 10 heteroatoms. The number of aryl methyl sites for hydroxylation is 1. The summed E-state index contributed by atoms with van der Waals surface area (Å²) in [5.74, 6) is 0.675. The second kappa shape index (κ2) is 11.3. The number of sulfonamides is 1. The van der Waals surface area contributed by atoms with Gasteiger partial charge in [-0.15, -0.1) is 11.3 Å². The molecule has 0 fully saturated rings. The van der Waals surface area contributed by atoms with Crippen LogP contribution < -0.4 is 14.9 Å². The summed E-state index contributed by atoms with van der Waals surface area (Å²) in [6.07, 6.45) is 0. The third kappa shape index (κ3) is 6.65. The van der Waals surface area contributed by atoms with Crippen LogP contribution in [0, 0.1) is 6.92 Å². The highest BCUT2D eigenvalue weighted by atomic mass is 32.2. The minimum absolute atomic E-state index is 0.185. The summed E-state index contributed by atoms with van der Waals surface area (Å²) in [5.41, 5.74) is 2.85. The number of pyridine rings is 1. The molecule has 0 aliphatic heterocycles. The van der Waals surface area contributed by atoms with E-state index in [0.29, 0.717) is 11.3 Å². The quantitative estimate of drug-likeness (QED) is 0.313. The Labute approximate surface area is 222 Å². The molecule has 0 unspecified atom stereocenters. The molecule has 4 rings (SSSR count). The maximum absolute atomic E-state index is 13.1. The third-order valence-corrected chi connectivity index (χ3v) is 8.85. The van der Waals surface area contributed by atoms with Crippen molar-refractivity contribution in [2.45, 2.75) is 17.7 Å². The first-order valence-electron chi connectivity index (χ1n) is 11.8. The van der Waals surface area contributed by atoms with Gasteiger partial charge in [-0.1, -0.05) is 18.2 Å². The Morgan fingerprint density at radius 3 is 2.46 bits per heavy atom. The lowest BCUT2D eigenvalue weighted by molar-refractivity contribution is 0.0951. The van der Waals surface area contributed by atoms with Crippen molar-refractivity contribution in [1.82, 2.24) is 15.2 Å². The lowest BCUT2D eigenvalue weighted by Gasteiger charge is -2.21. The van der Waals surface area contributed by atoms with E-state index in [2.05, 4.69) is 19.8 Å². The largest absolute Gasteiger partial charge is 0.358 e. The van der Waals surface area contributed by atoms with Crippen molar-refractivity contribution in [2.75, 3.05) is 43.9 Å². The van der Waals surface area contributed by atoms with Crippen LogP contribution in [-0.2, 0) is 16.6 Å². The number of carbonyl (C=O) groups is 1. The number of nitrogens with zero attached hydrogens (tertiary/aromatic N) is 3. The number of carbonyl (C=O) groups excluding carboxylic acids is 1. The summed E-state index contributed by atoms with van der Waals surface area (Å²) in [6, 6.07) is 19.6. The average molecular weight is 538 g/mol. The SMILES string of the molecule is Cc1cc(N(C)CCN(C)C)nc2ccc(NS(=O)(=O)c3ccc(CNC(=O)c4ccccc4)s3)cc12. The number of likely N-dealkylation sites (N-methyl/N-ethyl adjacent to an activating group) is 2. The molecule has 1 amide bonds. The van der Waals surface area contributed by atoms with Crippen LogP contribution in [0.3, 0.4) is 0 Å². The van der Waals surface area contributed by atoms with Crippen molar-refractivity contribution in [3.63, 3.8) is 0 Å². The lowest BCUT2D eigenvalue weighted by Crippen LogP contribution is -2.29. The average Bonchev–Trinajstić information content (AvgIpc) is 3.36. The molecule has 2 aromatic carbocycles. The van der Waals surface area contributed by atoms with Crippen molar-refractivity contribution in [3.8, 4) is 0 Å². The topological polar surface area (TPSA) is 94.6 Å². The van der Waals surface area contributed by atoms with E-state index < -0.39 is 10.0 Å². The summed E-state index contributed by atoms with van der Waals surface area (Å²) in [6.45, 7) is 4.02. The van der Waals surface area contributed by atoms with Crippen molar-refractivity contribution >= 4 is 49.7 Å². The van der Waals surface area contributed by atoms with Gasteiger partial charge in [-0.25, -0.2) is 13.4 Å². The molecule has 194 valence electrons. The minimum atomic E-state index is -3.78. The van der Waals surface area contributed by atoms with E-state index in [-0.39, 0.29) is 16.7 Å². The summed E-state index contributed by atoms with van der Waals surface area (Å²) in [4.78, 5) is 22.0. The number of aromatic nitrogens is 1. The number of nitrogens with one attached hydrogen (secondary N) is 2. The molecule has 37 heavy (non-hydrogen) atoms. The highest BCUT2D eigenvalue weighted by Crippen LogP contribution is 2.28. The number of hydrogen-bond donors (Lipinski definition) is 2. The van der Waals surface area contributed by atoms with E-state index in [1.54, 1.807) is 42.5 Å². The predicted octanol–water partition coefficient (Wildman–Crippen LogP) is 4.33. The number of anilines is 2. The molecular formula is C27H31N5O3S2. The third-order valence-electron chi connectivity index (χ3n) is 5.89. The van der Waals surface area contributed by atoms with E-state index in [0.717, 1.165) is 51.6 Å². The number of benzene rings is 2. The van der Waals surface area contributed by atoms with Crippen LogP contribution in [-0.4, -0.2) is 58.4 Å². The molecular weight excluding hydrogens is 506 g/mol. The summed E-state index contributed by atoms with van der Waals surface area (Å²) < 4.78 is 29.0. The molecule has 2 aromatic heterocycles. The van der Waals surface area contributed by atoms with E-state index in [1.165, 1.54) is 0 Å². The Morgan fingerprint density at radius 1 is 0.973 bits per heavy atom. The van der Waals surface area contributed by atoms with Gasteiger partial charge in [0.05, 0.1) is 12.1 Å². The van der Waals surface area contributed by atoms with Crippen molar-refractivity contribution in [2.24, 2.45) is 0 Å². The molecule has 0 atom stereocenters. The molecule has 0 aliphatic rings. The van der Waals surface area contributed by atoms with Gasteiger partial charge in [0.2, 0.25) is 0 Å². The fourth-order valence-electron chi connectivity index (χ4n) is 3.76. The number of amides is 1. The van der Waals surface area contributed by atoms with Crippen LogP contribution in [0.2, 0.25) is 0 Å². The summed E-state index contributed by atoms with van der Waals surface area (Å²) in [5, 5.41) is 3.71. The van der Waals surface area contributed by atoms with Gasteiger partial charge < -0.3 is 15.1 Å². The Kier molecular flexibility index (Phi) is 8.11. The van der Waals surface area contributed by atoms with Gasteiger partial charge in [-0.05, 0) is 75.1 Å². The molecule has 2 N–H and O–H groups in total. The highest BCUT2D eigenvalue weighted by Gasteiger charge is 2.18. The van der Waals surface area contributed by atoms with E-state index in [9.17, 15) is 13.2 Å². The molecule has 4 aromatic rings. The maximum Gasteiger partial charge on any atom is 0.271 e. The maximum atomic E-state index is 13.1. The number of fused-ring (bicyclic) bond motifs is 1. The van der Waals surface area contributed by atoms with Gasteiger partial charge >= 0.3 is 0 Å². The first-order valence-corrected chi connectivity index (χ1v) is 14.1. The fourth-order valence-corrected chi connectivity index (χ4v) is 6.11. The van der Waals surface area contributed by atoms with Gasteiger partial charge in [0.1, 0.15) is 10.0 Å². The van der Waals surface area contributed by atoms with Crippen LogP contribution in [0.1, 0.15) is 20.8 Å². The van der Waals surface area contributed by atoms with Gasteiger partial charge in [0.15, 0.2) is 0 Å². The van der Waals surface area contributed by atoms with Crippen LogP contribution in [0.4, 0.5) is 11.5 Å². The van der Waals surface area contributed by atoms with Crippen LogP contribution in [0.25, 0.3) is 10.9 Å². The fraction of sp³-hybridized carbons (Fsp3) is 0.259. The van der Waals surface area contributed by atoms with E-state index >= 15 is 0 Å². The molecule has 0 radical (unpaired) electrons. The first-order chi connectivity index (χ1) is 17.6. The van der Waals surface area contributed by atoms with Gasteiger partial charge in [0.25, 0.3) is 15.9 Å². The Bertz CT molecular complexity index is 1500. The molecule has 0 saturated heterocycles.